The maximum atomic E-state index is 5.52. The quantitative estimate of drug-likeness (QED) is 0.752. The summed E-state index contributed by atoms with van der Waals surface area (Å²) in [5.74, 6) is 0.343. The second-order valence-electron chi connectivity index (χ2n) is 1.72. The largest absolute Gasteiger partial charge is 0.395 e. The van der Waals surface area contributed by atoms with Crippen LogP contribution in [0.4, 0.5) is 11.5 Å². The van der Waals surface area contributed by atoms with E-state index in [0.717, 1.165) is 8.95 Å². The molecule has 0 saturated heterocycles. The van der Waals surface area contributed by atoms with Gasteiger partial charge in [-0.05, 0) is 31.9 Å². The van der Waals surface area contributed by atoms with Gasteiger partial charge < -0.3 is 11.5 Å². The monoisotopic (exact) mass is 265 g/mol. The SMILES string of the molecule is Nc1ncc(Br)c(Br)c1N. The number of hydrogen-bond donors (Lipinski definition) is 2. The molecular weight excluding hydrogens is 262 g/mol. The number of nitrogens with two attached hydrogens (primary N) is 2. The van der Waals surface area contributed by atoms with E-state index in [4.69, 9.17) is 11.5 Å². The van der Waals surface area contributed by atoms with Crippen LogP contribution in [0.2, 0.25) is 0 Å². The normalized spacial score (nSPS) is 9.80. The van der Waals surface area contributed by atoms with Crippen molar-refractivity contribution in [1.82, 2.24) is 4.98 Å². The van der Waals surface area contributed by atoms with E-state index < -0.39 is 0 Å². The Bertz CT molecular complexity index is 234. The number of nitrogen functional groups attached to an aromatic ring is 2. The van der Waals surface area contributed by atoms with Gasteiger partial charge in [0.1, 0.15) is 5.82 Å². The maximum absolute atomic E-state index is 5.52. The van der Waals surface area contributed by atoms with E-state index in [9.17, 15) is 0 Å². The van der Waals surface area contributed by atoms with E-state index in [1.54, 1.807) is 6.20 Å². The second-order valence-corrected chi connectivity index (χ2v) is 3.37. The topological polar surface area (TPSA) is 64.9 Å². The van der Waals surface area contributed by atoms with Crippen molar-refractivity contribution >= 4 is 43.4 Å². The van der Waals surface area contributed by atoms with Crippen molar-refractivity contribution < 1.29 is 0 Å². The molecule has 5 heteroatoms. The molecule has 0 atom stereocenters. The van der Waals surface area contributed by atoms with E-state index >= 15 is 0 Å². The van der Waals surface area contributed by atoms with Crippen molar-refractivity contribution in [2.75, 3.05) is 11.5 Å². The van der Waals surface area contributed by atoms with Gasteiger partial charge in [-0.1, -0.05) is 0 Å². The van der Waals surface area contributed by atoms with Crippen LogP contribution in [0.25, 0.3) is 0 Å². The van der Waals surface area contributed by atoms with Crippen LogP contribution >= 0.6 is 31.9 Å². The average molecular weight is 267 g/mol. The summed E-state index contributed by atoms with van der Waals surface area (Å²) in [4.78, 5) is 3.81. The lowest BCUT2D eigenvalue weighted by Crippen LogP contribution is -1.98. The van der Waals surface area contributed by atoms with E-state index in [2.05, 4.69) is 36.8 Å². The molecule has 1 rings (SSSR count). The van der Waals surface area contributed by atoms with E-state index in [0.29, 0.717) is 11.5 Å². The smallest absolute Gasteiger partial charge is 0.147 e. The van der Waals surface area contributed by atoms with Crippen LogP contribution in [-0.2, 0) is 0 Å². The number of aromatic nitrogens is 1. The van der Waals surface area contributed by atoms with Crippen molar-refractivity contribution in [3.05, 3.63) is 15.1 Å². The van der Waals surface area contributed by atoms with Crippen LogP contribution in [0.15, 0.2) is 15.1 Å². The fraction of sp³-hybridized carbons (Fsp3) is 0. The van der Waals surface area contributed by atoms with E-state index in [1.165, 1.54) is 0 Å². The Morgan fingerprint density at radius 2 is 1.90 bits per heavy atom. The highest BCUT2D eigenvalue weighted by atomic mass is 79.9. The third kappa shape index (κ3) is 1.24. The minimum atomic E-state index is 0.343. The predicted octanol–water partition coefficient (Wildman–Crippen LogP) is 1.77. The molecule has 54 valence electrons. The molecule has 3 nitrogen and oxygen atoms in total. The van der Waals surface area contributed by atoms with Gasteiger partial charge in [-0.25, -0.2) is 4.98 Å². The van der Waals surface area contributed by atoms with E-state index in [1.807, 2.05) is 0 Å². The van der Waals surface area contributed by atoms with Crippen LogP contribution in [0.1, 0.15) is 0 Å². The molecule has 0 aromatic carbocycles. The Labute approximate surface area is 75.1 Å². The molecule has 0 amide bonds. The van der Waals surface area contributed by atoms with Gasteiger partial charge in [0.2, 0.25) is 0 Å². The molecule has 1 aromatic rings. The van der Waals surface area contributed by atoms with Gasteiger partial charge in [0.25, 0.3) is 0 Å². The molecule has 0 spiro atoms. The van der Waals surface area contributed by atoms with Crippen molar-refractivity contribution in [2.24, 2.45) is 0 Å². The standard InChI is InChI=1S/C5H5Br2N3/c6-2-1-10-5(9)4(8)3(2)7/h1H,8H2,(H2,9,10). The molecule has 1 heterocycles. The van der Waals surface area contributed by atoms with Gasteiger partial charge in [0.05, 0.1) is 14.6 Å². The molecule has 0 saturated carbocycles. The van der Waals surface area contributed by atoms with Crippen LogP contribution in [0, 0.1) is 0 Å². The van der Waals surface area contributed by atoms with Crippen molar-refractivity contribution in [3.63, 3.8) is 0 Å². The Kier molecular flexibility index (Phi) is 2.15. The Morgan fingerprint density at radius 1 is 1.30 bits per heavy atom. The minimum Gasteiger partial charge on any atom is -0.395 e. The first-order valence-corrected chi connectivity index (χ1v) is 4.06. The van der Waals surface area contributed by atoms with Gasteiger partial charge in [0.15, 0.2) is 0 Å². The number of pyridine rings is 1. The van der Waals surface area contributed by atoms with E-state index in [-0.39, 0.29) is 0 Å². The molecule has 0 radical (unpaired) electrons. The maximum Gasteiger partial charge on any atom is 0.147 e. The summed E-state index contributed by atoms with van der Waals surface area (Å²) in [5, 5.41) is 0. The van der Waals surface area contributed by atoms with Gasteiger partial charge >= 0.3 is 0 Å². The molecule has 0 unspecified atom stereocenters. The third-order valence-corrected chi connectivity index (χ3v) is 3.03. The highest BCUT2D eigenvalue weighted by Crippen LogP contribution is 2.30. The zero-order valence-electron chi connectivity index (χ0n) is 4.94. The fourth-order valence-electron chi connectivity index (χ4n) is 0.494. The summed E-state index contributed by atoms with van der Waals surface area (Å²) < 4.78 is 1.55. The van der Waals surface area contributed by atoms with Gasteiger partial charge in [-0.2, -0.15) is 0 Å². The fourth-order valence-corrected chi connectivity index (χ4v) is 1.11. The summed E-state index contributed by atoms with van der Waals surface area (Å²) in [6.45, 7) is 0. The molecule has 0 fully saturated rings. The molecule has 0 aliphatic rings. The van der Waals surface area contributed by atoms with Crippen LogP contribution < -0.4 is 11.5 Å². The summed E-state index contributed by atoms with van der Waals surface area (Å²) in [6.07, 6.45) is 1.59. The molecule has 4 N–H and O–H groups in total. The molecule has 0 aliphatic heterocycles. The molecular formula is C5H5Br2N3. The average Bonchev–Trinajstić information content (AvgIpc) is 1.93. The third-order valence-electron chi connectivity index (χ3n) is 1.04. The summed E-state index contributed by atoms with van der Waals surface area (Å²) in [5.41, 5.74) is 11.4. The molecule has 0 bridgehead atoms. The number of hydrogen-bond acceptors (Lipinski definition) is 3. The Balaban J connectivity index is 3.34. The van der Waals surface area contributed by atoms with Crippen molar-refractivity contribution in [3.8, 4) is 0 Å². The lowest BCUT2D eigenvalue weighted by Gasteiger charge is -2.01. The molecule has 0 aliphatic carbocycles. The predicted molar refractivity (Wildman–Crippen MR) is 48.5 cm³/mol. The zero-order valence-corrected chi connectivity index (χ0v) is 8.11. The highest BCUT2D eigenvalue weighted by Gasteiger charge is 2.03. The Morgan fingerprint density at radius 3 is 2.40 bits per heavy atom. The second kappa shape index (κ2) is 2.75. The van der Waals surface area contributed by atoms with Crippen molar-refractivity contribution in [1.29, 1.82) is 0 Å². The molecule has 10 heavy (non-hydrogen) atoms. The van der Waals surface area contributed by atoms with Gasteiger partial charge in [-0.15, -0.1) is 0 Å². The summed E-state index contributed by atoms with van der Waals surface area (Å²) in [7, 11) is 0. The highest BCUT2D eigenvalue weighted by molar-refractivity contribution is 9.13. The van der Waals surface area contributed by atoms with Crippen LogP contribution in [-0.4, -0.2) is 4.98 Å². The first-order valence-electron chi connectivity index (χ1n) is 2.48. The first-order chi connectivity index (χ1) is 4.63. The summed E-state index contributed by atoms with van der Waals surface area (Å²) in [6, 6.07) is 0. The van der Waals surface area contributed by atoms with Crippen LogP contribution in [0.5, 0.6) is 0 Å². The summed E-state index contributed by atoms with van der Waals surface area (Å²) >= 11 is 6.47. The van der Waals surface area contributed by atoms with Gasteiger partial charge in [-0.3, -0.25) is 0 Å². The number of anilines is 2. The molecule has 1 aromatic heterocycles. The Hall–Kier alpha value is -0.290. The lowest BCUT2D eigenvalue weighted by molar-refractivity contribution is 1.31. The zero-order chi connectivity index (χ0) is 7.72. The van der Waals surface area contributed by atoms with Gasteiger partial charge in [0, 0.05) is 6.20 Å². The first kappa shape index (κ1) is 7.81. The number of nitrogens with zero attached hydrogens (tertiary/aromatic N) is 1. The number of halogens is 2. The number of rotatable bonds is 0. The lowest BCUT2D eigenvalue weighted by atomic mass is 10.4. The van der Waals surface area contributed by atoms with Crippen molar-refractivity contribution in [2.45, 2.75) is 0 Å². The minimum absolute atomic E-state index is 0.343. The van der Waals surface area contributed by atoms with Crippen LogP contribution in [0.3, 0.4) is 0 Å².